The molecule has 2 heterocycles. The van der Waals surface area contributed by atoms with E-state index in [0.717, 1.165) is 21.6 Å². The summed E-state index contributed by atoms with van der Waals surface area (Å²) in [6.45, 7) is 4.33. The van der Waals surface area contributed by atoms with Crippen molar-refractivity contribution in [1.82, 2.24) is 15.1 Å². The van der Waals surface area contributed by atoms with Crippen molar-refractivity contribution in [2.45, 2.75) is 19.9 Å². The summed E-state index contributed by atoms with van der Waals surface area (Å²) < 4.78 is 6.90. The average molecular weight is 364 g/mol. The Morgan fingerprint density at radius 1 is 1.42 bits per heavy atom. The van der Waals surface area contributed by atoms with E-state index < -0.39 is 0 Å². The molecule has 3 rings (SSSR count). The van der Waals surface area contributed by atoms with Crippen molar-refractivity contribution in [2.75, 3.05) is 13.7 Å². The van der Waals surface area contributed by atoms with Crippen LogP contribution in [0.4, 0.5) is 0 Å². The van der Waals surface area contributed by atoms with Crippen molar-refractivity contribution in [3.05, 3.63) is 45.9 Å². The van der Waals surface area contributed by atoms with Gasteiger partial charge in [0.1, 0.15) is 4.83 Å². The van der Waals surface area contributed by atoms with Crippen molar-refractivity contribution in [3.63, 3.8) is 0 Å². The smallest absolute Gasteiger partial charge is 0.261 e. The minimum Gasteiger partial charge on any atom is -0.383 e. The fraction of sp³-hybridized carbons (Fsp3) is 0.294. The third-order valence-corrected chi connectivity index (χ3v) is 5.00. The molecule has 7 heteroatoms. The lowest BCUT2D eigenvalue weighted by atomic mass is 10.3. The van der Waals surface area contributed by atoms with Gasteiger partial charge in [-0.1, -0.05) is 11.6 Å². The number of aryl methyl sites for hydroxylation is 1. The minimum absolute atomic E-state index is 0.0402. The Kier molecular flexibility index (Phi) is 4.89. The summed E-state index contributed by atoms with van der Waals surface area (Å²) in [5, 5.41) is 9.17. The molecule has 3 aromatic rings. The first-order valence-electron chi connectivity index (χ1n) is 7.54. The molecule has 0 saturated carbocycles. The molecular formula is C17H18ClN3O2S. The molecule has 1 aromatic carbocycles. The second kappa shape index (κ2) is 6.93. The number of fused-ring (bicyclic) bond motifs is 1. The first-order valence-corrected chi connectivity index (χ1v) is 8.74. The number of benzene rings is 1. The third-order valence-electron chi connectivity index (χ3n) is 3.63. The number of hydrogen-bond donors (Lipinski definition) is 1. The lowest BCUT2D eigenvalue weighted by molar-refractivity contribution is 0.0909. The SMILES string of the molecule is COC[C@@H](C)NC(=O)c1cc2c(C)nn(-c3ccc(Cl)cc3)c2s1. The van der Waals surface area contributed by atoms with E-state index in [-0.39, 0.29) is 11.9 Å². The highest BCUT2D eigenvalue weighted by Gasteiger charge is 2.18. The van der Waals surface area contributed by atoms with Gasteiger partial charge in [0.15, 0.2) is 0 Å². The summed E-state index contributed by atoms with van der Waals surface area (Å²) in [6.07, 6.45) is 0. The molecule has 0 aliphatic rings. The highest BCUT2D eigenvalue weighted by atomic mass is 35.5. The van der Waals surface area contributed by atoms with E-state index in [1.807, 2.05) is 48.9 Å². The first kappa shape index (κ1) is 17.0. The zero-order valence-electron chi connectivity index (χ0n) is 13.7. The average Bonchev–Trinajstić information content (AvgIpc) is 3.09. The van der Waals surface area contributed by atoms with Crippen LogP contribution >= 0.6 is 22.9 Å². The number of rotatable bonds is 5. The van der Waals surface area contributed by atoms with Crippen molar-refractivity contribution in [2.24, 2.45) is 0 Å². The largest absolute Gasteiger partial charge is 0.383 e. The third kappa shape index (κ3) is 3.31. The minimum atomic E-state index is -0.0946. The fourth-order valence-corrected chi connectivity index (χ4v) is 3.71. The van der Waals surface area contributed by atoms with Crippen LogP contribution in [0.2, 0.25) is 5.02 Å². The van der Waals surface area contributed by atoms with E-state index in [4.69, 9.17) is 16.3 Å². The lowest BCUT2D eigenvalue weighted by Gasteiger charge is -2.11. The highest BCUT2D eigenvalue weighted by molar-refractivity contribution is 7.20. The first-order chi connectivity index (χ1) is 11.5. The molecule has 0 aliphatic carbocycles. The second-order valence-electron chi connectivity index (χ2n) is 5.63. The maximum Gasteiger partial charge on any atom is 0.261 e. The number of thiophene rings is 1. The van der Waals surface area contributed by atoms with Crippen LogP contribution in [0.5, 0.6) is 0 Å². The van der Waals surface area contributed by atoms with E-state index in [2.05, 4.69) is 10.4 Å². The predicted octanol–water partition coefficient (Wildman–Crippen LogP) is 3.81. The number of halogens is 1. The highest BCUT2D eigenvalue weighted by Crippen LogP contribution is 2.30. The zero-order valence-corrected chi connectivity index (χ0v) is 15.2. The van der Waals surface area contributed by atoms with E-state index in [0.29, 0.717) is 16.5 Å². The Morgan fingerprint density at radius 2 is 2.12 bits per heavy atom. The Balaban J connectivity index is 1.95. The predicted molar refractivity (Wildman–Crippen MR) is 97.5 cm³/mol. The lowest BCUT2D eigenvalue weighted by Crippen LogP contribution is -2.35. The van der Waals surface area contributed by atoms with Crippen LogP contribution in [0.25, 0.3) is 15.9 Å². The number of carbonyl (C=O) groups is 1. The van der Waals surface area contributed by atoms with Gasteiger partial charge in [-0.3, -0.25) is 4.79 Å². The van der Waals surface area contributed by atoms with Crippen LogP contribution in [0.15, 0.2) is 30.3 Å². The summed E-state index contributed by atoms with van der Waals surface area (Å²) in [5.74, 6) is -0.0946. The van der Waals surface area contributed by atoms with Crippen LogP contribution in [0, 0.1) is 6.92 Å². The van der Waals surface area contributed by atoms with Gasteiger partial charge >= 0.3 is 0 Å². The van der Waals surface area contributed by atoms with Gasteiger partial charge in [0.2, 0.25) is 0 Å². The van der Waals surface area contributed by atoms with Gasteiger partial charge in [0, 0.05) is 23.6 Å². The molecule has 2 aromatic heterocycles. The van der Waals surface area contributed by atoms with Gasteiger partial charge in [-0.25, -0.2) is 4.68 Å². The molecule has 0 radical (unpaired) electrons. The van der Waals surface area contributed by atoms with Crippen LogP contribution < -0.4 is 5.32 Å². The molecule has 0 bridgehead atoms. The second-order valence-corrected chi connectivity index (χ2v) is 7.10. The Labute approximate surface area is 149 Å². The van der Waals surface area contributed by atoms with Gasteiger partial charge < -0.3 is 10.1 Å². The number of ether oxygens (including phenoxy) is 1. The maximum absolute atomic E-state index is 12.4. The van der Waals surface area contributed by atoms with Gasteiger partial charge in [0.25, 0.3) is 5.91 Å². The molecular weight excluding hydrogens is 346 g/mol. The summed E-state index contributed by atoms with van der Waals surface area (Å²) >= 11 is 7.38. The Bertz CT molecular complexity index is 870. The van der Waals surface area contributed by atoms with Crippen molar-refractivity contribution in [1.29, 1.82) is 0 Å². The van der Waals surface area contributed by atoms with Crippen molar-refractivity contribution >= 4 is 39.1 Å². The summed E-state index contributed by atoms with van der Waals surface area (Å²) in [6, 6.07) is 9.33. The van der Waals surface area contributed by atoms with Crippen molar-refractivity contribution in [3.8, 4) is 5.69 Å². The van der Waals surface area contributed by atoms with Gasteiger partial charge in [-0.15, -0.1) is 11.3 Å². The van der Waals surface area contributed by atoms with Gasteiger partial charge in [0.05, 0.1) is 22.9 Å². The molecule has 5 nitrogen and oxygen atoms in total. The maximum atomic E-state index is 12.4. The molecule has 0 fully saturated rings. The molecule has 126 valence electrons. The molecule has 0 unspecified atom stereocenters. The van der Waals surface area contributed by atoms with Crippen LogP contribution in [-0.2, 0) is 4.74 Å². The molecule has 1 N–H and O–H groups in total. The van der Waals surface area contributed by atoms with Crippen LogP contribution in [-0.4, -0.2) is 35.4 Å². The summed E-state index contributed by atoms with van der Waals surface area (Å²) in [5.41, 5.74) is 1.80. The summed E-state index contributed by atoms with van der Waals surface area (Å²) in [7, 11) is 1.62. The van der Waals surface area contributed by atoms with E-state index in [9.17, 15) is 4.79 Å². The van der Waals surface area contributed by atoms with E-state index in [1.54, 1.807) is 7.11 Å². The molecule has 0 aliphatic heterocycles. The van der Waals surface area contributed by atoms with Gasteiger partial charge in [-0.05, 0) is 44.2 Å². The van der Waals surface area contributed by atoms with Crippen molar-refractivity contribution < 1.29 is 9.53 Å². The number of hydrogen-bond acceptors (Lipinski definition) is 4. The quantitative estimate of drug-likeness (QED) is 0.749. The Hall–Kier alpha value is -1.89. The van der Waals surface area contributed by atoms with E-state index in [1.165, 1.54) is 11.3 Å². The Morgan fingerprint density at radius 3 is 2.79 bits per heavy atom. The number of carbonyl (C=O) groups excluding carboxylic acids is 1. The summed E-state index contributed by atoms with van der Waals surface area (Å²) in [4.78, 5) is 14.0. The fourth-order valence-electron chi connectivity index (χ4n) is 2.50. The molecule has 1 amide bonds. The van der Waals surface area contributed by atoms with E-state index >= 15 is 0 Å². The topological polar surface area (TPSA) is 56.1 Å². The monoisotopic (exact) mass is 363 g/mol. The number of aromatic nitrogens is 2. The molecule has 0 saturated heterocycles. The number of nitrogens with one attached hydrogen (secondary N) is 1. The number of amides is 1. The van der Waals surface area contributed by atoms with Crippen LogP contribution in [0.1, 0.15) is 22.3 Å². The number of methoxy groups -OCH3 is 1. The molecule has 24 heavy (non-hydrogen) atoms. The standard InChI is InChI=1S/C17H18ClN3O2S/c1-10(9-23-3)19-16(22)15-8-14-11(2)20-21(17(14)24-15)13-6-4-12(18)5-7-13/h4-8,10H,9H2,1-3H3,(H,19,22)/t10-/m1/s1. The van der Waals surface area contributed by atoms with Gasteiger partial charge in [-0.2, -0.15) is 5.10 Å². The molecule has 0 spiro atoms. The zero-order chi connectivity index (χ0) is 17.3. The number of nitrogens with zero attached hydrogens (tertiary/aromatic N) is 2. The molecule has 1 atom stereocenters. The van der Waals surface area contributed by atoms with Crippen LogP contribution in [0.3, 0.4) is 0 Å². The normalized spacial score (nSPS) is 12.5.